The number of rotatable bonds is 12. The minimum Gasteiger partial charge on any atom is -0.492 e. The third-order valence-corrected chi connectivity index (χ3v) is 5.20. The van der Waals surface area contributed by atoms with Gasteiger partial charge in [0.2, 0.25) is 0 Å². The molecule has 0 saturated heterocycles. The topological polar surface area (TPSA) is 18.5 Å². The first-order chi connectivity index (χ1) is 13.4. The smallest absolute Gasteiger partial charge is 0.136 e. The molecule has 0 aliphatic heterocycles. The van der Waals surface area contributed by atoms with Crippen molar-refractivity contribution in [3.05, 3.63) is 23.3 Å². The molecule has 1 rings (SSSR count). The summed E-state index contributed by atoms with van der Waals surface area (Å²) in [6, 6.07) is 3.90. The van der Waals surface area contributed by atoms with Crippen LogP contribution in [-0.4, -0.2) is 21.3 Å². The third kappa shape index (κ3) is 9.91. The van der Waals surface area contributed by atoms with Crippen LogP contribution in [0.25, 0.3) is 0 Å². The fourth-order valence-electron chi connectivity index (χ4n) is 2.69. The zero-order chi connectivity index (χ0) is 20.8. The van der Waals surface area contributed by atoms with Crippen LogP contribution >= 0.6 is 0 Å². The van der Waals surface area contributed by atoms with Crippen molar-refractivity contribution in [1.82, 2.24) is 0 Å². The van der Waals surface area contributed by atoms with Crippen molar-refractivity contribution in [3.63, 3.8) is 0 Å². The predicted molar refractivity (Wildman–Crippen MR) is 124 cm³/mol. The minimum atomic E-state index is -1.49. The Morgan fingerprint density at radius 3 is 1.75 bits per heavy atom. The maximum atomic E-state index is 6.07. The summed E-state index contributed by atoms with van der Waals surface area (Å²) in [5.41, 5.74) is 5.08. The summed E-state index contributed by atoms with van der Waals surface area (Å²) in [6.07, 6.45) is 15.1. The molecule has 0 saturated carbocycles. The lowest BCUT2D eigenvalue weighted by Crippen LogP contribution is -2.16. The molecule has 0 aromatic heterocycles. The molecule has 1 aromatic rings. The average molecular weight is 399 g/mol. The van der Waals surface area contributed by atoms with Crippen LogP contribution in [-0.2, 0) is 0 Å². The van der Waals surface area contributed by atoms with Crippen molar-refractivity contribution in [2.75, 3.05) is 13.2 Å². The summed E-state index contributed by atoms with van der Waals surface area (Å²) in [4.78, 5) is 0. The van der Waals surface area contributed by atoms with Crippen LogP contribution in [0.3, 0.4) is 0 Å². The van der Waals surface area contributed by atoms with Gasteiger partial charge in [-0.2, -0.15) is 0 Å². The highest BCUT2D eigenvalue weighted by molar-refractivity contribution is 6.83. The zero-order valence-electron chi connectivity index (χ0n) is 18.6. The molecule has 1 aromatic carbocycles. The minimum absolute atomic E-state index is 0.687. The Kier molecular flexibility index (Phi) is 11.5. The molecule has 0 aliphatic rings. The van der Waals surface area contributed by atoms with Crippen LogP contribution in [0.15, 0.2) is 12.1 Å². The summed E-state index contributed by atoms with van der Waals surface area (Å²) < 4.78 is 12.1. The highest BCUT2D eigenvalue weighted by Gasteiger charge is 2.12. The number of unbranched alkanes of at least 4 members (excludes halogenated alkanes) is 6. The molecule has 3 heteroatoms. The fraction of sp³-hybridized carbons (Fsp3) is 0.600. The number of hydrogen-bond acceptors (Lipinski definition) is 2. The number of ether oxygens (including phenoxy) is 2. The molecule has 0 amide bonds. The molecule has 0 atom stereocenters. The van der Waals surface area contributed by atoms with Gasteiger partial charge >= 0.3 is 0 Å². The number of benzene rings is 1. The Bertz CT molecular complexity index is 683. The second-order valence-corrected chi connectivity index (χ2v) is 13.1. The van der Waals surface area contributed by atoms with Crippen LogP contribution in [0, 0.1) is 23.8 Å². The van der Waals surface area contributed by atoms with E-state index in [0.29, 0.717) is 13.2 Å². The molecule has 28 heavy (non-hydrogen) atoms. The molecular formula is C25H38O2Si. The lowest BCUT2D eigenvalue weighted by atomic mass is 10.1. The van der Waals surface area contributed by atoms with E-state index < -0.39 is 8.07 Å². The summed E-state index contributed by atoms with van der Waals surface area (Å²) in [5.74, 6) is 7.63. The zero-order valence-corrected chi connectivity index (χ0v) is 19.6. The SMILES string of the molecule is C#Cc1cc(OCCCCCC)c(C#C[Si](C)(C)C)cc1OCCCCCC. The van der Waals surface area contributed by atoms with Gasteiger partial charge in [-0.3, -0.25) is 0 Å². The molecule has 0 heterocycles. The van der Waals surface area contributed by atoms with Gasteiger partial charge in [0.25, 0.3) is 0 Å². The Balaban J connectivity index is 2.98. The highest BCUT2D eigenvalue weighted by Crippen LogP contribution is 2.29. The standard InChI is InChI=1S/C25H38O2Si/c1-7-10-12-14-17-26-24-21-23(16-19-28(4,5)6)25(20-22(24)9-3)27-18-15-13-11-8-2/h3,20-21H,7-8,10-15,17-18H2,1-2,4-6H3. The molecule has 154 valence electrons. The van der Waals surface area contributed by atoms with Gasteiger partial charge in [0.05, 0.1) is 24.3 Å². The molecule has 0 aliphatic carbocycles. The lowest BCUT2D eigenvalue weighted by molar-refractivity contribution is 0.295. The molecule has 0 radical (unpaired) electrons. The first-order valence-corrected chi connectivity index (χ1v) is 14.3. The Morgan fingerprint density at radius 1 is 0.786 bits per heavy atom. The van der Waals surface area contributed by atoms with Crippen LogP contribution < -0.4 is 9.47 Å². The van der Waals surface area contributed by atoms with Gasteiger partial charge in [0.1, 0.15) is 19.6 Å². The van der Waals surface area contributed by atoms with Crippen LogP contribution in [0.2, 0.25) is 19.6 Å². The molecule has 0 unspecified atom stereocenters. The first-order valence-electron chi connectivity index (χ1n) is 10.8. The molecule has 0 fully saturated rings. The third-order valence-electron chi connectivity index (χ3n) is 4.32. The molecular weight excluding hydrogens is 360 g/mol. The Morgan fingerprint density at radius 2 is 1.29 bits per heavy atom. The Labute approximate surface area is 174 Å². The second-order valence-electron chi connectivity index (χ2n) is 8.31. The van der Waals surface area contributed by atoms with E-state index in [4.69, 9.17) is 15.9 Å². The van der Waals surface area contributed by atoms with E-state index in [9.17, 15) is 0 Å². The van der Waals surface area contributed by atoms with E-state index in [2.05, 4.69) is 50.9 Å². The van der Waals surface area contributed by atoms with Crippen molar-refractivity contribution in [2.45, 2.75) is 84.9 Å². The average Bonchev–Trinajstić information content (AvgIpc) is 2.66. The molecule has 0 N–H and O–H groups in total. The molecule has 2 nitrogen and oxygen atoms in total. The maximum absolute atomic E-state index is 6.07. The quantitative estimate of drug-likeness (QED) is 0.219. The predicted octanol–water partition coefficient (Wildman–Crippen LogP) is 6.82. The van der Waals surface area contributed by atoms with Crippen LogP contribution in [0.4, 0.5) is 0 Å². The second kappa shape index (κ2) is 13.4. The fourth-order valence-corrected chi connectivity index (χ4v) is 3.20. The maximum Gasteiger partial charge on any atom is 0.136 e. The van der Waals surface area contributed by atoms with E-state index in [-0.39, 0.29) is 0 Å². The summed E-state index contributed by atoms with van der Waals surface area (Å²) in [5, 5.41) is 0. The number of hydrogen-bond donors (Lipinski definition) is 0. The van der Waals surface area contributed by atoms with Crippen LogP contribution in [0.1, 0.15) is 76.3 Å². The number of terminal acetylenes is 1. The van der Waals surface area contributed by atoms with Gasteiger partial charge in [-0.1, -0.05) is 83.9 Å². The van der Waals surface area contributed by atoms with E-state index in [1.165, 1.54) is 38.5 Å². The van der Waals surface area contributed by atoms with Gasteiger partial charge in [0.15, 0.2) is 0 Å². The van der Waals surface area contributed by atoms with Crippen molar-refractivity contribution in [1.29, 1.82) is 0 Å². The van der Waals surface area contributed by atoms with Gasteiger partial charge < -0.3 is 9.47 Å². The first kappa shape index (κ1) is 24.2. The van der Waals surface area contributed by atoms with Crippen molar-refractivity contribution < 1.29 is 9.47 Å². The van der Waals surface area contributed by atoms with E-state index in [1.54, 1.807) is 0 Å². The summed E-state index contributed by atoms with van der Waals surface area (Å²) in [6.45, 7) is 12.5. The summed E-state index contributed by atoms with van der Waals surface area (Å²) >= 11 is 0. The van der Waals surface area contributed by atoms with Gasteiger partial charge in [0, 0.05) is 12.1 Å². The van der Waals surface area contributed by atoms with Crippen molar-refractivity contribution in [3.8, 4) is 35.3 Å². The monoisotopic (exact) mass is 398 g/mol. The highest BCUT2D eigenvalue weighted by atomic mass is 28.3. The van der Waals surface area contributed by atoms with Crippen molar-refractivity contribution in [2.24, 2.45) is 0 Å². The summed E-state index contributed by atoms with van der Waals surface area (Å²) in [7, 11) is -1.49. The normalized spacial score (nSPS) is 10.7. The largest absolute Gasteiger partial charge is 0.492 e. The van der Waals surface area contributed by atoms with Crippen molar-refractivity contribution >= 4 is 8.07 Å². The molecule has 0 bridgehead atoms. The van der Waals surface area contributed by atoms with Crippen LogP contribution in [0.5, 0.6) is 11.5 Å². The van der Waals surface area contributed by atoms with E-state index in [0.717, 1.165) is 35.5 Å². The molecule has 0 spiro atoms. The van der Waals surface area contributed by atoms with Gasteiger partial charge in [-0.25, -0.2) is 0 Å². The van der Waals surface area contributed by atoms with E-state index in [1.807, 2.05) is 12.1 Å². The van der Waals surface area contributed by atoms with E-state index >= 15 is 0 Å². The Hall–Kier alpha value is -1.84. The van der Waals surface area contributed by atoms with Gasteiger partial charge in [-0.05, 0) is 12.8 Å². The van der Waals surface area contributed by atoms with Gasteiger partial charge in [-0.15, -0.1) is 12.0 Å². The lowest BCUT2D eigenvalue weighted by Gasteiger charge is -2.14.